The third-order valence-corrected chi connectivity index (χ3v) is 6.50. The van der Waals surface area contributed by atoms with Crippen molar-refractivity contribution in [3.8, 4) is 0 Å². The van der Waals surface area contributed by atoms with Crippen molar-refractivity contribution in [1.82, 2.24) is 5.32 Å². The van der Waals surface area contributed by atoms with Crippen LogP contribution in [0.2, 0.25) is 0 Å². The second-order valence-corrected chi connectivity index (χ2v) is 8.84. The van der Waals surface area contributed by atoms with E-state index in [0.717, 1.165) is 16.7 Å². The lowest BCUT2D eigenvalue weighted by atomic mass is 9.67. The summed E-state index contributed by atoms with van der Waals surface area (Å²) in [4.78, 5) is 36.8. The minimum absolute atomic E-state index is 0.00717. The van der Waals surface area contributed by atoms with Crippen molar-refractivity contribution in [2.24, 2.45) is 0 Å². The van der Waals surface area contributed by atoms with E-state index in [1.54, 1.807) is 12.1 Å². The number of rotatable bonds is 10. The van der Waals surface area contributed by atoms with Gasteiger partial charge in [0.15, 0.2) is 0 Å². The quantitative estimate of drug-likeness (QED) is 0.272. The fourth-order valence-corrected chi connectivity index (χ4v) is 4.68. The fourth-order valence-electron chi connectivity index (χ4n) is 4.68. The first-order chi connectivity index (χ1) is 17.9. The normalized spacial score (nSPS) is 11.9. The van der Waals surface area contributed by atoms with Gasteiger partial charge in [0.25, 0.3) is 0 Å². The van der Waals surface area contributed by atoms with Crippen LogP contribution in [-0.2, 0) is 21.4 Å². The molecule has 6 heteroatoms. The largest absolute Gasteiger partial charge is 0.480 e. The van der Waals surface area contributed by atoms with Crippen LogP contribution in [-0.4, -0.2) is 34.1 Å². The maximum atomic E-state index is 13.6. The maximum absolute atomic E-state index is 13.6. The average Bonchev–Trinajstić information content (AvgIpc) is 2.93. The summed E-state index contributed by atoms with van der Waals surface area (Å²) < 4.78 is 0. The molecule has 4 aromatic rings. The highest BCUT2D eigenvalue weighted by Crippen LogP contribution is 2.42. The molecular weight excluding hydrogens is 466 g/mol. The number of benzene rings is 4. The number of carbonyl (C=O) groups is 3. The Morgan fingerprint density at radius 1 is 0.649 bits per heavy atom. The first kappa shape index (κ1) is 25.4. The van der Waals surface area contributed by atoms with Crippen molar-refractivity contribution < 1.29 is 24.6 Å². The number of amides is 1. The van der Waals surface area contributed by atoms with Gasteiger partial charge in [-0.15, -0.1) is 0 Å². The zero-order valence-corrected chi connectivity index (χ0v) is 20.1. The van der Waals surface area contributed by atoms with Gasteiger partial charge in [-0.05, 0) is 34.4 Å². The summed E-state index contributed by atoms with van der Waals surface area (Å²) in [6.07, 6.45) is 0.0166. The molecule has 1 amide bonds. The van der Waals surface area contributed by atoms with Crippen molar-refractivity contribution in [2.75, 3.05) is 0 Å². The van der Waals surface area contributed by atoms with Gasteiger partial charge in [-0.3, -0.25) is 4.79 Å². The molecule has 0 heterocycles. The van der Waals surface area contributed by atoms with E-state index >= 15 is 0 Å². The molecule has 0 aromatic heterocycles. The Kier molecular flexibility index (Phi) is 7.79. The van der Waals surface area contributed by atoms with Crippen LogP contribution in [0, 0.1) is 0 Å². The van der Waals surface area contributed by atoms with Gasteiger partial charge >= 0.3 is 11.9 Å². The molecule has 1 atom stereocenters. The minimum Gasteiger partial charge on any atom is -0.480 e. The zero-order chi connectivity index (χ0) is 26.3. The molecule has 0 spiro atoms. The molecule has 3 N–H and O–H groups in total. The topological polar surface area (TPSA) is 104 Å². The Labute approximate surface area is 215 Å². The van der Waals surface area contributed by atoms with Crippen molar-refractivity contribution in [3.05, 3.63) is 143 Å². The van der Waals surface area contributed by atoms with E-state index in [9.17, 15) is 19.5 Å². The number of carboxylic acid groups (broad SMARTS) is 2. The van der Waals surface area contributed by atoms with E-state index in [4.69, 9.17) is 5.11 Å². The van der Waals surface area contributed by atoms with Crippen molar-refractivity contribution >= 4 is 17.8 Å². The summed E-state index contributed by atoms with van der Waals surface area (Å²) in [5, 5.41) is 21.7. The standard InChI is InChI=1S/C31H27NO5/c33-28(32-27(30(36)37)20-22-16-18-23(19-17-22)29(34)35)21-31(24-10-4-1-5-11-24,25-12-6-2-7-13-25)26-14-8-3-9-15-26/h1-19,27H,20-21H2,(H,32,33)(H,34,35)(H,36,37)/t27-/m1/s1. The number of hydrogen-bond donors (Lipinski definition) is 3. The number of aliphatic carboxylic acids is 1. The van der Waals surface area contributed by atoms with Crippen LogP contribution in [0.25, 0.3) is 0 Å². The van der Waals surface area contributed by atoms with E-state index in [1.165, 1.54) is 12.1 Å². The monoisotopic (exact) mass is 493 g/mol. The summed E-state index contributed by atoms with van der Waals surface area (Å²) in [7, 11) is 0. The fraction of sp³-hybridized carbons (Fsp3) is 0.129. The molecular formula is C31H27NO5. The van der Waals surface area contributed by atoms with Crippen molar-refractivity contribution in [3.63, 3.8) is 0 Å². The number of aromatic carboxylic acids is 1. The van der Waals surface area contributed by atoms with E-state index in [2.05, 4.69) is 5.32 Å². The molecule has 37 heavy (non-hydrogen) atoms. The SMILES string of the molecule is O=C(CC(c1ccccc1)(c1ccccc1)c1ccccc1)N[C@H](Cc1ccc(C(=O)O)cc1)C(=O)O. The Bertz CT molecular complexity index is 1260. The molecule has 0 radical (unpaired) electrons. The molecule has 0 unspecified atom stereocenters. The molecule has 0 aliphatic carbocycles. The third-order valence-electron chi connectivity index (χ3n) is 6.50. The molecule has 0 fully saturated rings. The lowest BCUT2D eigenvalue weighted by molar-refractivity contribution is -0.141. The van der Waals surface area contributed by atoms with Gasteiger partial charge in [0.1, 0.15) is 6.04 Å². The van der Waals surface area contributed by atoms with Crippen LogP contribution in [0.4, 0.5) is 0 Å². The molecule has 186 valence electrons. The molecule has 4 rings (SSSR count). The van der Waals surface area contributed by atoms with E-state index in [-0.39, 0.29) is 18.4 Å². The summed E-state index contributed by atoms with van der Waals surface area (Å²) in [5.74, 6) is -2.64. The molecule has 0 saturated carbocycles. The van der Waals surface area contributed by atoms with Gasteiger partial charge in [0.2, 0.25) is 5.91 Å². The second-order valence-electron chi connectivity index (χ2n) is 8.84. The van der Waals surface area contributed by atoms with Crippen molar-refractivity contribution in [2.45, 2.75) is 24.3 Å². The van der Waals surface area contributed by atoms with Gasteiger partial charge in [0.05, 0.1) is 11.0 Å². The van der Waals surface area contributed by atoms with Crippen molar-refractivity contribution in [1.29, 1.82) is 0 Å². The van der Waals surface area contributed by atoms with Gasteiger partial charge in [-0.2, -0.15) is 0 Å². The maximum Gasteiger partial charge on any atom is 0.335 e. The van der Waals surface area contributed by atoms with E-state index in [1.807, 2.05) is 91.0 Å². The smallest absolute Gasteiger partial charge is 0.335 e. The van der Waals surface area contributed by atoms with Crippen LogP contribution in [0.5, 0.6) is 0 Å². The molecule has 0 aliphatic heterocycles. The highest BCUT2D eigenvalue weighted by atomic mass is 16.4. The van der Waals surface area contributed by atoms with Crippen LogP contribution >= 0.6 is 0 Å². The van der Waals surface area contributed by atoms with Gasteiger partial charge in [-0.25, -0.2) is 9.59 Å². The number of carboxylic acids is 2. The molecule has 0 saturated heterocycles. The molecule has 4 aromatic carbocycles. The Hall–Kier alpha value is -4.71. The third kappa shape index (κ3) is 5.76. The number of nitrogens with one attached hydrogen (secondary N) is 1. The zero-order valence-electron chi connectivity index (χ0n) is 20.1. The average molecular weight is 494 g/mol. The Morgan fingerprint density at radius 2 is 1.08 bits per heavy atom. The molecule has 0 aliphatic rings. The Morgan fingerprint density at radius 3 is 1.46 bits per heavy atom. The van der Waals surface area contributed by atoms with Crippen LogP contribution in [0.1, 0.15) is 39.0 Å². The predicted molar refractivity (Wildman–Crippen MR) is 140 cm³/mol. The lowest BCUT2D eigenvalue weighted by Crippen LogP contribution is -2.45. The van der Waals surface area contributed by atoms with Gasteiger partial charge in [-0.1, -0.05) is 103 Å². The predicted octanol–water partition coefficient (Wildman–Crippen LogP) is 4.92. The van der Waals surface area contributed by atoms with Crippen LogP contribution in [0.15, 0.2) is 115 Å². The molecule has 6 nitrogen and oxygen atoms in total. The highest BCUT2D eigenvalue weighted by Gasteiger charge is 2.39. The summed E-state index contributed by atoms with van der Waals surface area (Å²) in [5.41, 5.74) is 2.62. The number of hydrogen-bond acceptors (Lipinski definition) is 3. The first-order valence-corrected chi connectivity index (χ1v) is 11.9. The van der Waals surface area contributed by atoms with Gasteiger partial charge < -0.3 is 15.5 Å². The Balaban J connectivity index is 1.68. The van der Waals surface area contributed by atoms with E-state index < -0.39 is 29.3 Å². The summed E-state index contributed by atoms with van der Waals surface area (Å²) >= 11 is 0. The minimum atomic E-state index is -1.18. The number of carbonyl (C=O) groups excluding carboxylic acids is 1. The summed E-state index contributed by atoms with van der Waals surface area (Å²) in [6.45, 7) is 0. The highest BCUT2D eigenvalue weighted by molar-refractivity contribution is 5.88. The molecule has 0 bridgehead atoms. The van der Waals surface area contributed by atoms with Crippen LogP contribution < -0.4 is 5.32 Å². The van der Waals surface area contributed by atoms with Gasteiger partial charge in [0, 0.05) is 12.8 Å². The van der Waals surface area contributed by atoms with Crippen LogP contribution in [0.3, 0.4) is 0 Å². The lowest BCUT2D eigenvalue weighted by Gasteiger charge is -2.36. The van der Waals surface area contributed by atoms with E-state index in [0.29, 0.717) is 5.56 Å². The second kappa shape index (κ2) is 11.4. The first-order valence-electron chi connectivity index (χ1n) is 11.9. The summed E-state index contributed by atoms with van der Waals surface area (Å²) in [6, 6.07) is 34.0.